The number of unbranched alkanes of at least 4 members (excludes halogenated alkanes) is 5. The van der Waals surface area contributed by atoms with Crippen molar-refractivity contribution in [2.75, 3.05) is 13.7 Å². The molecule has 0 aliphatic heterocycles. The van der Waals surface area contributed by atoms with Gasteiger partial charge in [-0.3, -0.25) is 4.89 Å². The molecule has 9 nitrogen and oxygen atoms in total. The van der Waals surface area contributed by atoms with Gasteiger partial charge < -0.3 is 14.9 Å². The molecule has 0 fully saturated rings. The summed E-state index contributed by atoms with van der Waals surface area (Å²) in [4.78, 5) is 53.4. The first kappa shape index (κ1) is 34.0. The molecule has 0 spiro atoms. The van der Waals surface area contributed by atoms with Crippen molar-refractivity contribution >= 4 is 23.9 Å². The van der Waals surface area contributed by atoms with Crippen LogP contribution in [0, 0.1) is 0 Å². The lowest BCUT2D eigenvalue weighted by atomic mass is 10.1. The fourth-order valence-electron chi connectivity index (χ4n) is 2.94. The van der Waals surface area contributed by atoms with E-state index in [1.54, 1.807) is 12.1 Å². The Morgan fingerprint density at radius 1 is 0.711 bits per heavy atom. The Morgan fingerprint density at radius 2 is 1.11 bits per heavy atom. The lowest BCUT2D eigenvalue weighted by Crippen LogP contribution is -2.14. The highest BCUT2D eigenvalue weighted by Gasteiger charge is 2.19. The van der Waals surface area contributed by atoms with Crippen molar-refractivity contribution in [3.63, 3.8) is 0 Å². The predicted molar refractivity (Wildman–Crippen MR) is 143 cm³/mol. The predicted octanol–water partition coefficient (Wildman–Crippen LogP) is 6.59. The quantitative estimate of drug-likeness (QED) is 0.102. The van der Waals surface area contributed by atoms with Gasteiger partial charge in [0.05, 0.1) is 36.0 Å². The second-order valence-corrected chi connectivity index (χ2v) is 8.35. The standard InChI is InChI=1S/C17H24O5.C8H6O4.C4H8/c1-3-4-5-6-7-10-13-21-16(18)14-11-8-9-12-15(14)17(19)22-20-2;9-7(10)5-3-1-2-4-6(5)8(11)12;1-4(2)3/h8-9,11-12H,3-7,10,13H2,1-2H3;1-4H,(H,9,10)(H,11,12);1H2,2-3H3. The lowest BCUT2D eigenvalue weighted by molar-refractivity contribution is -0.216. The molecule has 0 saturated heterocycles. The molecule has 2 rings (SSSR count). The summed E-state index contributed by atoms with van der Waals surface area (Å²) in [5, 5.41) is 17.1. The molecule has 0 bridgehead atoms. The van der Waals surface area contributed by atoms with E-state index in [2.05, 4.69) is 23.3 Å². The number of aromatic carboxylic acids is 2. The van der Waals surface area contributed by atoms with Crippen molar-refractivity contribution < 1.29 is 43.9 Å². The second kappa shape index (κ2) is 20.1. The van der Waals surface area contributed by atoms with Crippen LogP contribution in [-0.2, 0) is 14.5 Å². The van der Waals surface area contributed by atoms with Gasteiger partial charge in [-0.2, -0.15) is 4.89 Å². The molecule has 0 radical (unpaired) electrons. The van der Waals surface area contributed by atoms with E-state index in [1.807, 2.05) is 13.8 Å². The first-order valence-electron chi connectivity index (χ1n) is 12.3. The number of allylic oxidation sites excluding steroid dienone is 1. The monoisotopic (exact) mass is 530 g/mol. The summed E-state index contributed by atoms with van der Waals surface area (Å²) in [6.07, 6.45) is 6.71. The van der Waals surface area contributed by atoms with Gasteiger partial charge in [0.15, 0.2) is 0 Å². The lowest BCUT2D eigenvalue weighted by Gasteiger charge is -2.08. The normalized spacial score (nSPS) is 9.58. The number of carbonyl (C=O) groups excluding carboxylic acids is 2. The number of carboxylic acids is 2. The summed E-state index contributed by atoms with van der Waals surface area (Å²) in [6, 6.07) is 11.8. The van der Waals surface area contributed by atoms with Crippen LogP contribution >= 0.6 is 0 Å². The van der Waals surface area contributed by atoms with Gasteiger partial charge >= 0.3 is 23.9 Å². The average Bonchev–Trinajstić information content (AvgIpc) is 2.88. The highest BCUT2D eigenvalue weighted by Crippen LogP contribution is 2.13. The molecule has 0 aromatic heterocycles. The maximum absolute atomic E-state index is 12.0. The highest BCUT2D eigenvalue weighted by atomic mass is 17.2. The van der Waals surface area contributed by atoms with Crippen LogP contribution in [0.15, 0.2) is 60.7 Å². The van der Waals surface area contributed by atoms with Crippen LogP contribution in [0.4, 0.5) is 0 Å². The SMILES string of the molecule is C=C(C)C.CCCCCCCCOC(=O)c1ccccc1C(=O)OOC.O=C(O)c1ccccc1C(=O)O. The molecule has 208 valence electrons. The van der Waals surface area contributed by atoms with E-state index in [4.69, 9.17) is 14.9 Å². The smallest absolute Gasteiger partial charge is 0.373 e. The molecule has 0 atom stereocenters. The number of carbonyl (C=O) groups is 4. The van der Waals surface area contributed by atoms with Gasteiger partial charge in [0.1, 0.15) is 0 Å². The van der Waals surface area contributed by atoms with E-state index in [0.29, 0.717) is 6.61 Å². The topological polar surface area (TPSA) is 136 Å². The van der Waals surface area contributed by atoms with Crippen molar-refractivity contribution in [2.24, 2.45) is 0 Å². The minimum Gasteiger partial charge on any atom is -0.478 e. The minimum atomic E-state index is -1.23. The summed E-state index contributed by atoms with van der Waals surface area (Å²) >= 11 is 0. The number of hydrogen-bond donors (Lipinski definition) is 2. The number of esters is 1. The largest absolute Gasteiger partial charge is 0.478 e. The molecule has 0 unspecified atom stereocenters. The Labute approximate surface area is 224 Å². The van der Waals surface area contributed by atoms with E-state index in [0.717, 1.165) is 19.3 Å². The van der Waals surface area contributed by atoms with Crippen molar-refractivity contribution in [3.8, 4) is 0 Å². The van der Waals surface area contributed by atoms with Gasteiger partial charge in [-0.25, -0.2) is 19.2 Å². The van der Waals surface area contributed by atoms with Crippen molar-refractivity contribution in [3.05, 3.63) is 82.9 Å². The number of ether oxygens (including phenoxy) is 1. The molecule has 2 aromatic rings. The zero-order valence-electron chi connectivity index (χ0n) is 22.5. The molecule has 38 heavy (non-hydrogen) atoms. The Morgan fingerprint density at radius 3 is 1.53 bits per heavy atom. The first-order valence-corrected chi connectivity index (χ1v) is 12.3. The molecule has 0 heterocycles. The maximum atomic E-state index is 12.0. The molecule has 0 saturated carbocycles. The summed E-state index contributed by atoms with van der Waals surface area (Å²) in [7, 11) is 1.23. The summed E-state index contributed by atoms with van der Waals surface area (Å²) < 4.78 is 5.22. The third-order valence-corrected chi connectivity index (χ3v) is 4.64. The maximum Gasteiger partial charge on any atom is 0.373 e. The van der Waals surface area contributed by atoms with E-state index in [1.165, 1.54) is 68.3 Å². The summed E-state index contributed by atoms with van der Waals surface area (Å²) in [6.45, 7) is 10.0. The average molecular weight is 531 g/mol. The van der Waals surface area contributed by atoms with Crippen LogP contribution in [0.1, 0.15) is 101 Å². The van der Waals surface area contributed by atoms with Crippen molar-refractivity contribution in [2.45, 2.75) is 59.3 Å². The van der Waals surface area contributed by atoms with Crippen molar-refractivity contribution in [1.29, 1.82) is 0 Å². The van der Waals surface area contributed by atoms with Crippen LogP contribution in [0.3, 0.4) is 0 Å². The summed E-state index contributed by atoms with van der Waals surface area (Å²) in [5.74, 6) is -3.69. The van der Waals surface area contributed by atoms with Gasteiger partial charge in [-0.05, 0) is 44.5 Å². The Hall–Kier alpha value is -3.98. The molecular formula is C29H38O9. The molecule has 9 heteroatoms. The zero-order chi connectivity index (χ0) is 28.9. The number of hydrogen-bond acceptors (Lipinski definition) is 7. The van der Waals surface area contributed by atoms with Crippen LogP contribution in [0.5, 0.6) is 0 Å². The molecule has 0 aliphatic rings. The van der Waals surface area contributed by atoms with Gasteiger partial charge in [0.25, 0.3) is 0 Å². The number of rotatable bonds is 12. The highest BCUT2D eigenvalue weighted by molar-refractivity contribution is 6.03. The Bertz CT molecular complexity index is 1010. The second-order valence-electron chi connectivity index (χ2n) is 8.35. The van der Waals surface area contributed by atoms with Gasteiger partial charge in [0, 0.05) is 0 Å². The third-order valence-electron chi connectivity index (χ3n) is 4.64. The van der Waals surface area contributed by atoms with Crippen LogP contribution < -0.4 is 0 Å². The van der Waals surface area contributed by atoms with E-state index in [9.17, 15) is 19.2 Å². The zero-order valence-corrected chi connectivity index (χ0v) is 22.5. The van der Waals surface area contributed by atoms with Crippen LogP contribution in [0.2, 0.25) is 0 Å². The Kier molecular flexibility index (Phi) is 18.0. The number of carboxylic acid groups (broad SMARTS) is 2. The van der Waals surface area contributed by atoms with Gasteiger partial charge in [-0.1, -0.05) is 68.9 Å². The van der Waals surface area contributed by atoms with Crippen LogP contribution in [-0.4, -0.2) is 47.8 Å². The van der Waals surface area contributed by atoms with E-state index >= 15 is 0 Å². The van der Waals surface area contributed by atoms with Gasteiger partial charge in [0.2, 0.25) is 0 Å². The first-order chi connectivity index (χ1) is 18.1. The van der Waals surface area contributed by atoms with Crippen LogP contribution in [0.25, 0.3) is 0 Å². The number of benzene rings is 2. The summed E-state index contributed by atoms with van der Waals surface area (Å²) in [5.41, 5.74) is 1.11. The molecule has 0 aliphatic carbocycles. The fraction of sp³-hybridized carbons (Fsp3) is 0.379. The van der Waals surface area contributed by atoms with Crippen molar-refractivity contribution in [1.82, 2.24) is 0 Å². The van der Waals surface area contributed by atoms with E-state index < -0.39 is 23.9 Å². The molecule has 2 aromatic carbocycles. The third kappa shape index (κ3) is 14.5. The molecule has 2 N–H and O–H groups in total. The fourth-order valence-corrected chi connectivity index (χ4v) is 2.94. The molecule has 0 amide bonds. The minimum absolute atomic E-state index is 0.136. The Balaban J connectivity index is 0.000000712. The molecular weight excluding hydrogens is 492 g/mol. The van der Waals surface area contributed by atoms with E-state index in [-0.39, 0.29) is 22.3 Å². The van der Waals surface area contributed by atoms with Gasteiger partial charge in [-0.15, -0.1) is 6.58 Å².